The first-order valence-corrected chi connectivity index (χ1v) is 9.72. The minimum Gasteiger partial charge on any atom is -0.508 e. The molecule has 2 aromatic heterocycles. The van der Waals surface area contributed by atoms with Crippen LogP contribution in [0.3, 0.4) is 0 Å². The van der Waals surface area contributed by atoms with Gasteiger partial charge in [-0.05, 0) is 42.7 Å². The lowest BCUT2D eigenvalue weighted by Gasteiger charge is -2.23. The van der Waals surface area contributed by atoms with E-state index in [0.29, 0.717) is 22.8 Å². The summed E-state index contributed by atoms with van der Waals surface area (Å²) in [4.78, 5) is 12.8. The van der Waals surface area contributed by atoms with Gasteiger partial charge in [0, 0.05) is 17.4 Å². The summed E-state index contributed by atoms with van der Waals surface area (Å²) in [5, 5.41) is 24.1. The summed E-state index contributed by atoms with van der Waals surface area (Å²) >= 11 is 6.17. The lowest BCUT2D eigenvalue weighted by Crippen LogP contribution is -2.24. The predicted molar refractivity (Wildman–Crippen MR) is 109 cm³/mol. The summed E-state index contributed by atoms with van der Waals surface area (Å²) in [7, 11) is 0. The number of phenolic OH excluding ortho intramolecular Hbond substituents is 1. The number of phenols is 1. The Balaban J connectivity index is 1.68. The number of rotatable bonds is 2. The van der Waals surface area contributed by atoms with Crippen molar-refractivity contribution in [3.05, 3.63) is 76.2 Å². The molecule has 29 heavy (non-hydrogen) atoms. The lowest BCUT2D eigenvalue weighted by atomic mass is 9.83. The van der Waals surface area contributed by atoms with E-state index in [1.54, 1.807) is 16.6 Å². The van der Waals surface area contributed by atoms with E-state index in [2.05, 4.69) is 15.3 Å². The number of benzene rings is 2. The number of ketones is 1. The summed E-state index contributed by atoms with van der Waals surface area (Å²) < 4.78 is 1.72. The second kappa shape index (κ2) is 6.67. The fourth-order valence-corrected chi connectivity index (χ4v) is 4.30. The third-order valence-corrected chi connectivity index (χ3v) is 5.67. The quantitative estimate of drug-likeness (QED) is 0.536. The van der Waals surface area contributed by atoms with Crippen molar-refractivity contribution in [2.45, 2.75) is 25.7 Å². The first-order chi connectivity index (χ1) is 14.0. The molecule has 5 rings (SSSR count). The molecule has 0 aliphatic heterocycles. The highest BCUT2D eigenvalue weighted by Crippen LogP contribution is 2.37. The van der Waals surface area contributed by atoms with Crippen molar-refractivity contribution in [2.24, 2.45) is 0 Å². The number of aromatic nitrogens is 4. The largest absolute Gasteiger partial charge is 0.508 e. The molecule has 0 fully saturated rings. The molecule has 7 heteroatoms. The molecule has 0 bridgehead atoms. The molecule has 0 saturated carbocycles. The summed E-state index contributed by atoms with van der Waals surface area (Å²) in [5.41, 5.74) is 4.95. The van der Waals surface area contributed by atoms with Crippen molar-refractivity contribution < 1.29 is 9.90 Å². The van der Waals surface area contributed by atoms with Crippen molar-refractivity contribution in [2.75, 3.05) is 0 Å². The van der Waals surface area contributed by atoms with Crippen molar-refractivity contribution in [3.8, 4) is 16.9 Å². The molecular weight excluding hydrogens is 388 g/mol. The molecule has 144 valence electrons. The third-order valence-electron chi connectivity index (χ3n) is 5.44. The molecule has 4 aromatic rings. The third kappa shape index (κ3) is 2.87. The van der Waals surface area contributed by atoms with Crippen LogP contribution >= 0.6 is 11.6 Å². The Kier molecular flexibility index (Phi) is 4.10. The van der Waals surface area contributed by atoms with Gasteiger partial charge in [-0.15, -0.1) is 10.2 Å². The Morgan fingerprint density at radius 3 is 2.72 bits per heavy atom. The van der Waals surface area contributed by atoms with E-state index in [-0.39, 0.29) is 23.9 Å². The molecule has 0 unspecified atom stereocenters. The number of carbonyl (C=O) groups excluding carboxylic acids is 1. The molecule has 2 aromatic carbocycles. The van der Waals surface area contributed by atoms with Gasteiger partial charge in [0.15, 0.2) is 17.1 Å². The van der Waals surface area contributed by atoms with Crippen LogP contribution in [0.25, 0.3) is 16.8 Å². The van der Waals surface area contributed by atoms with Crippen molar-refractivity contribution in [3.63, 3.8) is 0 Å². The number of halogens is 1. The predicted octanol–water partition coefficient (Wildman–Crippen LogP) is 4.37. The van der Waals surface area contributed by atoms with Gasteiger partial charge in [0.2, 0.25) is 0 Å². The second-order valence-corrected chi connectivity index (χ2v) is 7.73. The number of Topliss-reactive ketones (excluding diaryl/α,β-unsaturated/α-hetero) is 1. The molecule has 2 heterocycles. The van der Waals surface area contributed by atoms with Gasteiger partial charge in [0.1, 0.15) is 5.75 Å². The number of nitrogens with zero attached hydrogens (tertiary/aromatic N) is 4. The highest BCUT2D eigenvalue weighted by atomic mass is 35.5. The van der Waals surface area contributed by atoms with Crippen LogP contribution in [-0.2, 0) is 6.42 Å². The average molecular weight is 405 g/mol. The molecule has 0 radical (unpaired) electrons. The van der Waals surface area contributed by atoms with Gasteiger partial charge in [-0.1, -0.05) is 41.9 Å². The van der Waals surface area contributed by atoms with Crippen LogP contribution in [0.1, 0.15) is 39.8 Å². The second-order valence-electron chi connectivity index (χ2n) is 7.29. The summed E-state index contributed by atoms with van der Waals surface area (Å²) in [6.45, 7) is 1.91. The lowest BCUT2D eigenvalue weighted by molar-refractivity contribution is 0.0955. The fraction of sp³-hybridized carbons (Fsp3) is 0.182. The number of para-hydroxylation sites is 1. The maximum absolute atomic E-state index is 12.8. The number of hydrogen-bond acceptors (Lipinski definition) is 5. The van der Waals surface area contributed by atoms with Crippen LogP contribution in [-0.4, -0.2) is 30.7 Å². The van der Waals surface area contributed by atoms with Crippen molar-refractivity contribution in [1.82, 2.24) is 19.8 Å². The normalized spacial score (nSPS) is 16.2. The van der Waals surface area contributed by atoms with E-state index in [4.69, 9.17) is 11.6 Å². The van der Waals surface area contributed by atoms with E-state index in [9.17, 15) is 9.90 Å². The van der Waals surface area contributed by atoms with Gasteiger partial charge in [-0.3, -0.25) is 4.79 Å². The first-order valence-electron chi connectivity index (χ1n) is 9.35. The Bertz CT molecular complexity index is 1280. The molecule has 0 saturated heterocycles. The number of aryl methyl sites for hydroxylation is 1. The monoisotopic (exact) mass is 404 g/mol. The molecular formula is C22H17ClN4O2. The van der Waals surface area contributed by atoms with E-state index < -0.39 is 0 Å². The topological polar surface area (TPSA) is 80.4 Å². The number of hydrogen-bond donors (Lipinski definition) is 1. The van der Waals surface area contributed by atoms with Gasteiger partial charge in [-0.25, -0.2) is 4.52 Å². The van der Waals surface area contributed by atoms with Crippen LogP contribution < -0.4 is 0 Å². The van der Waals surface area contributed by atoms with E-state index in [1.807, 2.05) is 43.3 Å². The Labute approximate surface area is 171 Å². The molecule has 0 amide bonds. The van der Waals surface area contributed by atoms with Crippen LogP contribution in [0.2, 0.25) is 5.02 Å². The maximum atomic E-state index is 12.8. The van der Waals surface area contributed by atoms with Gasteiger partial charge >= 0.3 is 0 Å². The zero-order valence-corrected chi connectivity index (χ0v) is 16.4. The van der Waals surface area contributed by atoms with Gasteiger partial charge in [-0.2, -0.15) is 5.10 Å². The van der Waals surface area contributed by atoms with Gasteiger partial charge in [0.05, 0.1) is 17.0 Å². The van der Waals surface area contributed by atoms with Crippen molar-refractivity contribution in [1.29, 1.82) is 0 Å². The van der Waals surface area contributed by atoms with Crippen molar-refractivity contribution >= 4 is 23.0 Å². The molecule has 0 spiro atoms. The molecule has 1 aliphatic rings. The Morgan fingerprint density at radius 2 is 1.93 bits per heavy atom. The highest BCUT2D eigenvalue weighted by molar-refractivity contribution is 6.30. The minimum atomic E-state index is -0.136. The average Bonchev–Trinajstić information content (AvgIpc) is 3.04. The summed E-state index contributed by atoms with van der Waals surface area (Å²) in [5.74, 6) is -0.0302. The smallest absolute Gasteiger partial charge is 0.185 e. The van der Waals surface area contributed by atoms with Crippen LogP contribution in [0.15, 0.2) is 48.5 Å². The zero-order valence-electron chi connectivity index (χ0n) is 15.6. The highest BCUT2D eigenvalue weighted by Gasteiger charge is 2.32. The number of carbonyl (C=O) groups is 1. The maximum Gasteiger partial charge on any atom is 0.185 e. The van der Waals surface area contributed by atoms with Crippen LogP contribution in [0.5, 0.6) is 5.75 Å². The Morgan fingerprint density at radius 1 is 1.10 bits per heavy atom. The van der Waals surface area contributed by atoms with Crippen LogP contribution in [0, 0.1) is 6.92 Å². The van der Waals surface area contributed by atoms with E-state index in [1.165, 1.54) is 0 Å². The Hall–Kier alpha value is -3.25. The number of aromatic hydroxyl groups is 1. The van der Waals surface area contributed by atoms with Gasteiger partial charge < -0.3 is 5.11 Å². The fourth-order valence-electron chi connectivity index (χ4n) is 4.11. The summed E-state index contributed by atoms with van der Waals surface area (Å²) in [6, 6.07) is 14.6. The number of fused-ring (bicyclic) bond motifs is 3. The van der Waals surface area contributed by atoms with E-state index >= 15 is 0 Å². The van der Waals surface area contributed by atoms with Gasteiger partial charge in [0.25, 0.3) is 0 Å². The zero-order chi connectivity index (χ0) is 20.1. The standard InChI is InChI=1S/C22H17ClN4O2/c1-12-20(13-5-4-6-15(23)9-13)22-25-24-21-17(27(22)26-12)10-14(11-19(21)29)16-7-2-3-8-18(16)28/h2-9,14,28H,10-11H2,1H3/t14-/m1/s1. The van der Waals surface area contributed by atoms with Crippen LogP contribution in [0.4, 0.5) is 0 Å². The van der Waals surface area contributed by atoms with E-state index in [0.717, 1.165) is 28.1 Å². The summed E-state index contributed by atoms with van der Waals surface area (Å²) in [6.07, 6.45) is 0.826. The molecule has 1 N–H and O–H groups in total. The molecule has 1 atom stereocenters. The molecule has 6 nitrogen and oxygen atoms in total. The minimum absolute atomic E-state index is 0.0913. The molecule has 1 aliphatic carbocycles. The SMILES string of the molecule is Cc1nn2c3c(nnc2c1-c1cccc(Cl)c1)C(=O)C[C@H](c1ccccc1O)C3. The first kappa shape index (κ1) is 17.8.